The number of carbonyl (C=O) groups is 1. The van der Waals surface area contributed by atoms with Crippen LogP contribution in [0, 0.1) is 0 Å². The Morgan fingerprint density at radius 1 is 1.43 bits per heavy atom. The first kappa shape index (κ1) is 16.1. The maximum absolute atomic E-state index is 12.8. The van der Waals surface area contributed by atoms with Gasteiger partial charge in [-0.05, 0) is 37.8 Å². The second-order valence-electron chi connectivity index (χ2n) is 5.80. The van der Waals surface area contributed by atoms with Crippen molar-refractivity contribution in [3.8, 4) is 0 Å². The molecule has 1 amide bonds. The Hall–Kier alpha value is -1.82. The molecule has 0 aliphatic carbocycles. The molecule has 1 N–H and O–H groups in total. The topological polar surface area (TPSA) is 61.9 Å². The molecule has 23 heavy (non-hydrogen) atoms. The number of para-hydroxylation sites is 1. The van der Waals surface area contributed by atoms with Crippen molar-refractivity contribution in [1.82, 2.24) is 15.2 Å². The Balaban J connectivity index is 1.70. The second kappa shape index (κ2) is 7.17. The van der Waals surface area contributed by atoms with Gasteiger partial charge in [0.1, 0.15) is 5.82 Å². The third-order valence-electron chi connectivity index (χ3n) is 4.00. The van der Waals surface area contributed by atoms with Crippen LogP contribution in [0.2, 0.25) is 0 Å². The molecule has 1 atom stereocenters. The third-order valence-corrected chi connectivity index (χ3v) is 4.95. The maximum Gasteiger partial charge on any atom is 0.240 e. The number of fused-ring (bicyclic) bond motifs is 1. The van der Waals surface area contributed by atoms with Crippen molar-refractivity contribution in [1.29, 1.82) is 0 Å². The lowest BCUT2D eigenvalue weighted by Gasteiger charge is -2.31. The van der Waals surface area contributed by atoms with E-state index >= 15 is 0 Å². The van der Waals surface area contributed by atoms with E-state index in [0.29, 0.717) is 5.16 Å². The first-order valence-corrected chi connectivity index (χ1v) is 9.04. The number of hydrogen-bond donors (Lipinski definition) is 1. The van der Waals surface area contributed by atoms with Gasteiger partial charge in [0.2, 0.25) is 11.1 Å². The minimum absolute atomic E-state index is 0.129. The van der Waals surface area contributed by atoms with Crippen LogP contribution in [0.4, 0.5) is 5.69 Å². The lowest BCUT2D eigenvalue weighted by molar-refractivity contribution is -0.117. The highest BCUT2D eigenvalue weighted by molar-refractivity contribution is 8.00. The Bertz CT molecular complexity index is 685. The zero-order valence-corrected chi connectivity index (χ0v) is 14.4. The molecule has 0 unspecified atom stereocenters. The molecule has 0 fully saturated rings. The van der Waals surface area contributed by atoms with Crippen LogP contribution in [-0.4, -0.2) is 32.9 Å². The van der Waals surface area contributed by atoms with Crippen LogP contribution in [0.15, 0.2) is 29.4 Å². The maximum atomic E-state index is 12.8. The Morgan fingerprint density at radius 3 is 3.09 bits per heavy atom. The van der Waals surface area contributed by atoms with Gasteiger partial charge >= 0.3 is 0 Å². The molecule has 5 nitrogen and oxygen atoms in total. The summed E-state index contributed by atoms with van der Waals surface area (Å²) >= 11 is 1.42. The highest BCUT2D eigenvalue weighted by atomic mass is 32.2. The largest absolute Gasteiger partial charge is 0.311 e. The number of aromatic nitrogens is 3. The standard InChI is InChI=1S/C17H22N4OS/c1-3-7-15-18-17(20-19-15)23-12(2)16(22)21-11-6-9-13-8-4-5-10-14(13)21/h4-5,8,10,12H,3,6-7,9,11H2,1-2H3,(H,18,19,20)/t12-/m0/s1. The molecule has 0 saturated carbocycles. The summed E-state index contributed by atoms with van der Waals surface area (Å²) in [4.78, 5) is 19.2. The molecule has 1 aromatic carbocycles. The summed E-state index contributed by atoms with van der Waals surface area (Å²) in [6.45, 7) is 4.82. The van der Waals surface area contributed by atoms with Gasteiger partial charge in [-0.25, -0.2) is 4.98 Å². The Kier molecular flexibility index (Phi) is 5.00. The van der Waals surface area contributed by atoms with Crippen molar-refractivity contribution in [3.63, 3.8) is 0 Å². The predicted molar refractivity (Wildman–Crippen MR) is 92.8 cm³/mol. The van der Waals surface area contributed by atoms with E-state index in [1.807, 2.05) is 30.0 Å². The molecule has 0 radical (unpaired) electrons. The van der Waals surface area contributed by atoms with E-state index in [1.54, 1.807) is 0 Å². The number of anilines is 1. The van der Waals surface area contributed by atoms with Crippen molar-refractivity contribution in [3.05, 3.63) is 35.7 Å². The van der Waals surface area contributed by atoms with Crippen LogP contribution >= 0.6 is 11.8 Å². The van der Waals surface area contributed by atoms with E-state index in [1.165, 1.54) is 17.3 Å². The number of carbonyl (C=O) groups excluding carboxylic acids is 1. The molecule has 0 spiro atoms. The number of amides is 1. The van der Waals surface area contributed by atoms with E-state index in [9.17, 15) is 4.79 Å². The zero-order chi connectivity index (χ0) is 16.2. The quantitative estimate of drug-likeness (QED) is 0.855. The van der Waals surface area contributed by atoms with Gasteiger partial charge in [-0.15, -0.1) is 5.10 Å². The molecule has 122 valence electrons. The molecule has 3 rings (SSSR count). The molecular weight excluding hydrogens is 308 g/mol. The number of aryl methyl sites for hydroxylation is 2. The highest BCUT2D eigenvalue weighted by Gasteiger charge is 2.27. The summed E-state index contributed by atoms with van der Waals surface area (Å²) in [6.07, 6.45) is 3.97. The van der Waals surface area contributed by atoms with E-state index in [0.717, 1.165) is 43.7 Å². The summed E-state index contributed by atoms with van der Waals surface area (Å²) in [5.41, 5.74) is 2.31. The average molecular weight is 330 g/mol. The molecule has 6 heteroatoms. The number of hydrogen-bond acceptors (Lipinski definition) is 4. The van der Waals surface area contributed by atoms with Gasteiger partial charge in [0.25, 0.3) is 0 Å². The number of aromatic amines is 1. The molecule has 2 heterocycles. The normalized spacial score (nSPS) is 15.3. The van der Waals surface area contributed by atoms with E-state index in [-0.39, 0.29) is 11.2 Å². The van der Waals surface area contributed by atoms with E-state index in [4.69, 9.17) is 0 Å². The van der Waals surface area contributed by atoms with Gasteiger partial charge in [0.05, 0.1) is 5.25 Å². The third kappa shape index (κ3) is 3.58. The van der Waals surface area contributed by atoms with Crippen LogP contribution in [0.3, 0.4) is 0 Å². The summed E-state index contributed by atoms with van der Waals surface area (Å²) in [5.74, 6) is 1.02. The van der Waals surface area contributed by atoms with Crippen LogP contribution in [0.1, 0.15) is 38.1 Å². The number of benzene rings is 1. The average Bonchev–Trinajstić information content (AvgIpc) is 3.01. The monoisotopic (exact) mass is 330 g/mol. The fraction of sp³-hybridized carbons (Fsp3) is 0.471. The van der Waals surface area contributed by atoms with Gasteiger partial charge in [0, 0.05) is 18.7 Å². The number of nitrogens with zero attached hydrogens (tertiary/aromatic N) is 3. The number of thioether (sulfide) groups is 1. The van der Waals surface area contributed by atoms with Crippen molar-refractivity contribution >= 4 is 23.4 Å². The molecule has 1 aliphatic heterocycles. The minimum atomic E-state index is -0.202. The van der Waals surface area contributed by atoms with Gasteiger partial charge in [-0.1, -0.05) is 36.9 Å². The lowest BCUT2D eigenvalue weighted by atomic mass is 10.0. The number of nitrogens with one attached hydrogen (secondary N) is 1. The predicted octanol–water partition coefficient (Wildman–Crippen LogP) is 3.22. The minimum Gasteiger partial charge on any atom is -0.311 e. The summed E-state index contributed by atoms with van der Waals surface area (Å²) in [7, 11) is 0. The van der Waals surface area contributed by atoms with Gasteiger partial charge in [-0.3, -0.25) is 9.89 Å². The van der Waals surface area contributed by atoms with Gasteiger partial charge < -0.3 is 4.90 Å². The van der Waals surface area contributed by atoms with Gasteiger partial charge in [0.15, 0.2) is 0 Å². The lowest BCUT2D eigenvalue weighted by Crippen LogP contribution is -2.40. The number of H-pyrrole nitrogens is 1. The van der Waals surface area contributed by atoms with Crippen molar-refractivity contribution in [2.45, 2.75) is 49.9 Å². The molecule has 0 bridgehead atoms. The molecule has 1 aliphatic rings. The van der Waals surface area contributed by atoms with Crippen LogP contribution in [0.25, 0.3) is 0 Å². The Morgan fingerprint density at radius 2 is 2.26 bits per heavy atom. The molecular formula is C17H22N4OS. The summed E-state index contributed by atoms with van der Waals surface area (Å²) < 4.78 is 0. The van der Waals surface area contributed by atoms with Crippen molar-refractivity contribution in [2.75, 3.05) is 11.4 Å². The smallest absolute Gasteiger partial charge is 0.240 e. The fourth-order valence-corrected chi connectivity index (χ4v) is 3.68. The van der Waals surface area contributed by atoms with Crippen LogP contribution < -0.4 is 4.90 Å². The summed E-state index contributed by atoms with van der Waals surface area (Å²) in [5, 5.41) is 7.59. The zero-order valence-electron chi connectivity index (χ0n) is 13.6. The second-order valence-corrected chi connectivity index (χ2v) is 7.10. The molecule has 1 aromatic heterocycles. The highest BCUT2D eigenvalue weighted by Crippen LogP contribution is 2.30. The fourth-order valence-electron chi connectivity index (χ4n) is 2.87. The van der Waals surface area contributed by atoms with Crippen LogP contribution in [0.5, 0.6) is 0 Å². The first-order valence-electron chi connectivity index (χ1n) is 8.16. The van der Waals surface area contributed by atoms with E-state index < -0.39 is 0 Å². The SMILES string of the molecule is CCCc1nc(S[C@@H](C)C(=O)N2CCCc3ccccc32)n[nH]1. The van der Waals surface area contributed by atoms with Gasteiger partial charge in [-0.2, -0.15) is 0 Å². The summed E-state index contributed by atoms with van der Waals surface area (Å²) in [6, 6.07) is 8.18. The number of rotatable bonds is 5. The van der Waals surface area contributed by atoms with Crippen LogP contribution in [-0.2, 0) is 17.6 Å². The molecule has 0 saturated heterocycles. The van der Waals surface area contributed by atoms with E-state index in [2.05, 4.69) is 28.2 Å². The first-order chi connectivity index (χ1) is 11.2. The van der Waals surface area contributed by atoms with Crippen molar-refractivity contribution < 1.29 is 4.79 Å². The molecule has 2 aromatic rings. The Labute approximate surface area is 140 Å². The van der Waals surface area contributed by atoms with Crippen molar-refractivity contribution in [2.24, 2.45) is 0 Å².